The predicted octanol–water partition coefficient (Wildman–Crippen LogP) is 38.7. The number of ether oxygens (including phenoxy) is 8. The molecule has 4 unspecified atom stereocenters. The van der Waals surface area contributed by atoms with Crippen molar-refractivity contribution in [3.8, 4) is 0 Å². The molecule has 2 aliphatic heterocycles. The maximum Gasteiger partial charge on any atom is 0.333 e. The van der Waals surface area contributed by atoms with Crippen LogP contribution in [0.4, 0.5) is 0 Å². The minimum Gasteiger partial charge on any atom is -0.459 e. The van der Waals surface area contributed by atoms with E-state index >= 15 is 9.59 Å². The van der Waals surface area contributed by atoms with Crippen LogP contribution in [0.25, 0.3) is 0 Å². The molecule has 0 aromatic rings. The number of allylic oxidation sites excluding steroid dienone is 4. The molecule has 2 rings (SSSR count). The van der Waals surface area contributed by atoms with Crippen LogP contribution in [0.1, 0.15) is 651 Å². The minimum atomic E-state index is -1.92. The fraction of sp³-hybridized carbons (Fsp3) is 0.902. The number of aliphatic hydroxyl groups excluding tert-OH is 3. The standard InChI is InChI=1S/C133H246O16/c1-18-23-28-33-38-43-48-53-57-59-61-66-70-75-79-83-88-93-108(7)98-112(11)102-116(15)129(139)146-124-119(105-134)143-132(126(123(124)137)148-131(141)118(17)104-114(13)100-110(9)95-90-85-78-73-68-64-56-51-46-41-36-31-26-21-4)149-133-127(145-121(135)96-91-86-81-76-71-62-52-47-42-37-32-27-22-5)125(147-130(140)117(16)103-113(12)99-109(8)94-89-84-80-74-69-65-60-58-54-49-44-39-34-29-24-19-2)122(136)120(144-133)106-142-128(138)115(14)101-111(10)97-107(6)92-87-82-77-72-67-63-55-50-45-40-35-30-25-20-3/h101-104,107-114,119-120,122-127,132-134,136-137H,18-100,105-106H2,1-17H3/b115-101+,116-102+,117-103+,118-104+/t107-,108-,109-,110-,111-,112-,113-,114-,119?,120?,122+,123?,124+,125?,126-,127+,132+,133+/m0/s1. The molecule has 16 heteroatoms. The van der Waals surface area contributed by atoms with E-state index in [1.807, 2.05) is 24.3 Å². The van der Waals surface area contributed by atoms with Gasteiger partial charge in [0.15, 0.2) is 24.4 Å². The number of esters is 5. The van der Waals surface area contributed by atoms with Crippen LogP contribution in [0.3, 0.4) is 0 Å². The van der Waals surface area contributed by atoms with E-state index in [4.69, 9.17) is 37.9 Å². The molecule has 0 radical (unpaired) electrons. The first-order chi connectivity index (χ1) is 72.2. The molecule has 0 aromatic heterocycles. The topological polar surface area (TPSA) is 220 Å². The first-order valence-corrected chi connectivity index (χ1v) is 64.9. The second kappa shape index (κ2) is 97.3. The molecule has 874 valence electrons. The maximum absolute atomic E-state index is 15.1. The largest absolute Gasteiger partial charge is 0.459 e. The zero-order valence-corrected chi connectivity index (χ0v) is 101. The van der Waals surface area contributed by atoms with Crippen LogP contribution in [0.15, 0.2) is 46.6 Å². The molecular weight excluding hydrogens is 1850 g/mol. The maximum atomic E-state index is 15.1. The minimum absolute atomic E-state index is 0.00182. The van der Waals surface area contributed by atoms with Gasteiger partial charge in [-0.1, -0.05) is 609 Å². The SMILES string of the molecule is CCCCCCCCCCCCCCCCCCC[C@H](C)C[C@H](C)/C=C(\C)C(=O)O[C@@H]1C(CO)O[C@H](O[C@H]2OC(COC(=O)/C(C)=C/[C@@H](C)C[C@@H](C)CCCCCCCCCCCCCCCC)[C@@H](O)C(OC(=O)/C(C)=C/[C@@H](C)C[C@@H](C)CCCCCCCCCCCCCCCCCC)[C@H]2OC(=O)CCCCCCCCCCCCCCC)[C@@H](OC(=O)/C(C)=C/[C@@H](C)C[C@@H](C)CCCCCCCCCCCCCCCC)C1O. The summed E-state index contributed by atoms with van der Waals surface area (Å²) in [6, 6.07) is 0. The lowest BCUT2D eigenvalue weighted by atomic mass is 9.91. The normalized spacial score (nSPS) is 20.1. The lowest BCUT2D eigenvalue weighted by molar-refractivity contribution is -0.377. The Balaban J connectivity index is 2.69. The van der Waals surface area contributed by atoms with E-state index < -0.39 is 104 Å². The lowest BCUT2D eigenvalue weighted by Gasteiger charge is -2.47. The number of rotatable bonds is 104. The molecule has 18 atom stereocenters. The molecule has 0 aromatic carbocycles. The summed E-state index contributed by atoms with van der Waals surface area (Å²) in [5.41, 5.74) is 1.18. The summed E-state index contributed by atoms with van der Waals surface area (Å²) in [6.07, 6.45) is 92.3. The first-order valence-electron chi connectivity index (χ1n) is 64.9. The molecule has 2 saturated heterocycles. The fourth-order valence-corrected chi connectivity index (χ4v) is 23.3. The van der Waals surface area contributed by atoms with Gasteiger partial charge in [-0.25, -0.2) is 19.2 Å². The molecule has 0 aliphatic carbocycles. The van der Waals surface area contributed by atoms with Crippen LogP contribution in [-0.4, -0.2) is 120 Å². The van der Waals surface area contributed by atoms with Crippen molar-refractivity contribution >= 4 is 29.8 Å². The molecule has 3 N–H and O–H groups in total. The predicted molar refractivity (Wildman–Crippen MR) is 628 cm³/mol. The van der Waals surface area contributed by atoms with E-state index in [1.54, 1.807) is 27.7 Å². The summed E-state index contributed by atoms with van der Waals surface area (Å²) in [5.74, 6) is -2.17. The van der Waals surface area contributed by atoms with Gasteiger partial charge in [-0.3, -0.25) is 4.79 Å². The summed E-state index contributed by atoms with van der Waals surface area (Å²) >= 11 is 0. The van der Waals surface area contributed by atoms with Gasteiger partial charge in [0, 0.05) is 28.7 Å². The summed E-state index contributed by atoms with van der Waals surface area (Å²) in [4.78, 5) is 74.1. The van der Waals surface area contributed by atoms with Gasteiger partial charge in [-0.05, 0) is 107 Å². The van der Waals surface area contributed by atoms with Gasteiger partial charge in [0.2, 0.25) is 12.6 Å². The van der Waals surface area contributed by atoms with Crippen molar-refractivity contribution in [2.24, 2.45) is 47.3 Å². The Morgan fingerprint density at radius 1 is 0.248 bits per heavy atom. The third-order valence-corrected chi connectivity index (χ3v) is 32.5. The number of hydrogen-bond donors (Lipinski definition) is 3. The van der Waals surface area contributed by atoms with Gasteiger partial charge in [0.25, 0.3) is 0 Å². The van der Waals surface area contributed by atoms with Crippen molar-refractivity contribution in [3.63, 3.8) is 0 Å². The summed E-state index contributed by atoms with van der Waals surface area (Å²) in [7, 11) is 0. The van der Waals surface area contributed by atoms with Gasteiger partial charge in [-0.15, -0.1) is 0 Å². The van der Waals surface area contributed by atoms with Crippen LogP contribution in [-0.2, 0) is 61.9 Å². The number of aliphatic hydroxyl groups is 3. The zero-order valence-electron chi connectivity index (χ0n) is 101. The highest BCUT2D eigenvalue weighted by Crippen LogP contribution is 2.38. The van der Waals surface area contributed by atoms with Crippen molar-refractivity contribution in [1.29, 1.82) is 0 Å². The monoisotopic (exact) mass is 2100 g/mol. The summed E-state index contributed by atoms with van der Waals surface area (Å²) < 4.78 is 52.3. The van der Waals surface area contributed by atoms with Crippen molar-refractivity contribution in [2.75, 3.05) is 13.2 Å². The van der Waals surface area contributed by atoms with E-state index in [1.165, 1.54) is 417 Å². The number of unbranched alkanes of at least 4 members (excludes halogenated alkanes) is 69. The molecule has 16 nitrogen and oxygen atoms in total. The molecule has 149 heavy (non-hydrogen) atoms. The highest BCUT2D eigenvalue weighted by molar-refractivity contribution is 5.89. The van der Waals surface area contributed by atoms with Crippen molar-refractivity contribution in [1.82, 2.24) is 0 Å². The molecule has 2 aliphatic rings. The lowest BCUT2D eigenvalue weighted by Crippen LogP contribution is -2.66. The third kappa shape index (κ3) is 76.4. The van der Waals surface area contributed by atoms with Crippen molar-refractivity contribution in [2.45, 2.75) is 712 Å². The van der Waals surface area contributed by atoms with E-state index in [9.17, 15) is 29.7 Å². The first kappa shape index (κ1) is 141. The van der Waals surface area contributed by atoms with E-state index in [0.29, 0.717) is 41.2 Å². The van der Waals surface area contributed by atoms with Gasteiger partial charge in [0.05, 0.1) is 6.61 Å². The Kier molecular flexibility index (Phi) is 92.2. The Hall–Kier alpha value is -3.93. The van der Waals surface area contributed by atoms with Crippen LogP contribution >= 0.6 is 0 Å². The smallest absolute Gasteiger partial charge is 0.333 e. The van der Waals surface area contributed by atoms with Gasteiger partial charge < -0.3 is 53.2 Å². The van der Waals surface area contributed by atoms with E-state index in [-0.39, 0.29) is 41.2 Å². The van der Waals surface area contributed by atoms with E-state index in [2.05, 4.69) is 90.0 Å². The van der Waals surface area contributed by atoms with Gasteiger partial charge in [0.1, 0.15) is 31.0 Å². The summed E-state index contributed by atoms with van der Waals surface area (Å²) in [6.45, 7) is 34.2. The summed E-state index contributed by atoms with van der Waals surface area (Å²) in [5, 5.41) is 37.6. The van der Waals surface area contributed by atoms with Crippen LogP contribution in [0.2, 0.25) is 0 Å². The van der Waals surface area contributed by atoms with Crippen LogP contribution in [0, 0.1) is 47.3 Å². The van der Waals surface area contributed by atoms with Crippen molar-refractivity contribution in [3.05, 3.63) is 46.6 Å². The van der Waals surface area contributed by atoms with Crippen LogP contribution in [0.5, 0.6) is 0 Å². The Bertz CT molecular complexity index is 3250. The third-order valence-electron chi connectivity index (χ3n) is 32.5. The van der Waals surface area contributed by atoms with Gasteiger partial charge >= 0.3 is 29.8 Å². The number of carbonyl (C=O) groups is 5. The molecule has 0 amide bonds. The van der Waals surface area contributed by atoms with Crippen molar-refractivity contribution < 1.29 is 77.2 Å². The molecular formula is C133H246O16. The zero-order chi connectivity index (χ0) is 109. The molecule has 0 bridgehead atoms. The van der Waals surface area contributed by atoms with Crippen LogP contribution < -0.4 is 0 Å². The Morgan fingerprint density at radius 3 is 0.705 bits per heavy atom. The van der Waals surface area contributed by atoms with Gasteiger partial charge in [-0.2, -0.15) is 0 Å². The second-order valence-corrected chi connectivity index (χ2v) is 48.5. The Labute approximate surface area is 920 Å². The second-order valence-electron chi connectivity index (χ2n) is 48.5. The fourth-order valence-electron chi connectivity index (χ4n) is 23.3. The number of carbonyl (C=O) groups excluding carboxylic acids is 5. The molecule has 0 spiro atoms. The highest BCUT2D eigenvalue weighted by Gasteiger charge is 2.56. The molecule has 0 saturated carbocycles. The average Bonchev–Trinajstić information content (AvgIpc) is 0.769. The quantitative estimate of drug-likeness (QED) is 0.0223. The highest BCUT2D eigenvalue weighted by atomic mass is 16.8. The molecule has 2 heterocycles. The Morgan fingerprint density at radius 2 is 0.456 bits per heavy atom. The molecule has 2 fully saturated rings. The number of hydrogen-bond acceptors (Lipinski definition) is 16. The average molecular weight is 2100 g/mol. The van der Waals surface area contributed by atoms with E-state index in [0.717, 1.165) is 103 Å².